The Bertz CT molecular complexity index is 437. The molecule has 1 aliphatic rings. The lowest BCUT2D eigenvalue weighted by Crippen LogP contribution is -2.21. The highest BCUT2D eigenvalue weighted by molar-refractivity contribution is 9.10. The van der Waals surface area contributed by atoms with Crippen LogP contribution in [-0.2, 0) is 0 Å². The third-order valence-electron chi connectivity index (χ3n) is 2.60. The zero-order chi connectivity index (χ0) is 13.1. The molecule has 0 aromatic heterocycles. The second-order valence-electron chi connectivity index (χ2n) is 4.39. The fourth-order valence-electron chi connectivity index (χ4n) is 1.47. The molecule has 1 N–H and O–H groups in total. The Kier molecular flexibility index (Phi) is 4.35. The number of nitrogens with one attached hydrogen (secondary N) is 1. The van der Waals surface area contributed by atoms with Crippen molar-refractivity contribution in [2.24, 2.45) is 0 Å². The number of halogens is 3. The second kappa shape index (κ2) is 5.80. The summed E-state index contributed by atoms with van der Waals surface area (Å²) in [6, 6.07) is 2.56. The highest BCUT2D eigenvalue weighted by Gasteiger charge is 2.20. The van der Waals surface area contributed by atoms with Crippen molar-refractivity contribution in [3.05, 3.63) is 40.4 Å². The number of hydrogen-bond acceptors (Lipinski definition) is 2. The van der Waals surface area contributed by atoms with Gasteiger partial charge in [0.05, 0.1) is 4.47 Å². The third-order valence-corrected chi connectivity index (χ3v) is 3.19. The third kappa shape index (κ3) is 3.78. The predicted octanol–water partition coefficient (Wildman–Crippen LogP) is 3.41. The van der Waals surface area contributed by atoms with Gasteiger partial charge in [-0.05, 0) is 40.4 Å². The van der Waals surface area contributed by atoms with Crippen LogP contribution in [0, 0.1) is 11.6 Å². The monoisotopic (exact) mass is 317 g/mol. The smallest absolute Gasteiger partial charge is 0.169 e. The van der Waals surface area contributed by atoms with E-state index in [-0.39, 0.29) is 16.8 Å². The summed E-state index contributed by atoms with van der Waals surface area (Å²) in [5, 5.41) is 3.29. The van der Waals surface area contributed by atoms with Crippen LogP contribution in [0.5, 0.6) is 5.75 Å². The summed E-state index contributed by atoms with van der Waals surface area (Å²) in [6.45, 7) is 4.71. The van der Waals surface area contributed by atoms with Gasteiger partial charge >= 0.3 is 0 Å². The van der Waals surface area contributed by atoms with Gasteiger partial charge in [-0.2, -0.15) is 0 Å². The van der Waals surface area contributed by atoms with E-state index in [9.17, 15) is 8.78 Å². The van der Waals surface area contributed by atoms with Gasteiger partial charge in [0.15, 0.2) is 11.6 Å². The molecule has 0 aliphatic heterocycles. The van der Waals surface area contributed by atoms with Crippen molar-refractivity contribution in [2.75, 3.05) is 13.2 Å². The lowest BCUT2D eigenvalue weighted by Gasteiger charge is -2.11. The Morgan fingerprint density at radius 3 is 2.78 bits per heavy atom. The molecule has 0 heterocycles. The van der Waals surface area contributed by atoms with Crippen LogP contribution in [0.2, 0.25) is 0 Å². The molecule has 0 spiro atoms. The first-order valence-corrected chi connectivity index (χ1v) is 6.53. The van der Waals surface area contributed by atoms with E-state index in [1.807, 2.05) is 0 Å². The standard InChI is InChI=1S/C13H14BrF2NO/c1-8(6-17-10-2-3-10)7-18-13-11(14)4-9(15)5-12(13)16/h4-5,10,17H,1-3,6-7H2. The topological polar surface area (TPSA) is 21.3 Å². The summed E-state index contributed by atoms with van der Waals surface area (Å²) in [5.74, 6) is -1.34. The summed E-state index contributed by atoms with van der Waals surface area (Å²) in [5.41, 5.74) is 0.831. The average molecular weight is 318 g/mol. The van der Waals surface area contributed by atoms with E-state index >= 15 is 0 Å². The molecule has 18 heavy (non-hydrogen) atoms. The maximum atomic E-state index is 13.4. The van der Waals surface area contributed by atoms with Crippen molar-refractivity contribution >= 4 is 15.9 Å². The first-order valence-electron chi connectivity index (χ1n) is 5.73. The minimum Gasteiger partial charge on any atom is -0.485 e. The minimum atomic E-state index is -0.718. The van der Waals surface area contributed by atoms with Gasteiger partial charge < -0.3 is 10.1 Å². The summed E-state index contributed by atoms with van der Waals surface area (Å²) in [7, 11) is 0. The number of benzene rings is 1. The van der Waals surface area contributed by atoms with Crippen molar-refractivity contribution in [1.29, 1.82) is 0 Å². The molecule has 2 nitrogen and oxygen atoms in total. The number of hydrogen-bond donors (Lipinski definition) is 1. The van der Waals surface area contributed by atoms with Crippen LogP contribution in [0.1, 0.15) is 12.8 Å². The summed E-state index contributed by atoms with van der Waals surface area (Å²) < 4.78 is 31.9. The van der Waals surface area contributed by atoms with Crippen LogP contribution in [0.25, 0.3) is 0 Å². The SMILES string of the molecule is C=C(CNC1CC1)COc1c(F)cc(F)cc1Br. The fourth-order valence-corrected chi connectivity index (χ4v) is 1.99. The van der Waals surface area contributed by atoms with E-state index in [2.05, 4.69) is 27.8 Å². The Labute approximate surface area is 113 Å². The molecule has 5 heteroatoms. The van der Waals surface area contributed by atoms with Gasteiger partial charge in [0.25, 0.3) is 0 Å². The first-order chi connectivity index (χ1) is 8.56. The molecule has 0 amide bonds. The van der Waals surface area contributed by atoms with E-state index in [4.69, 9.17) is 4.74 Å². The molecule has 0 unspecified atom stereocenters. The van der Waals surface area contributed by atoms with Gasteiger partial charge in [0, 0.05) is 18.7 Å². The molecule has 1 aliphatic carbocycles. The quantitative estimate of drug-likeness (QED) is 0.812. The molecule has 1 aromatic rings. The molecule has 0 saturated heterocycles. The van der Waals surface area contributed by atoms with Gasteiger partial charge in [0.1, 0.15) is 12.4 Å². The normalized spacial score (nSPS) is 14.6. The molecule has 0 atom stereocenters. The van der Waals surface area contributed by atoms with Crippen molar-refractivity contribution in [2.45, 2.75) is 18.9 Å². The predicted molar refractivity (Wildman–Crippen MR) is 69.7 cm³/mol. The Balaban J connectivity index is 1.86. The largest absolute Gasteiger partial charge is 0.485 e. The summed E-state index contributed by atoms with van der Waals surface area (Å²) >= 11 is 3.07. The minimum absolute atomic E-state index is 0.0176. The Morgan fingerprint density at radius 1 is 1.44 bits per heavy atom. The van der Waals surface area contributed by atoms with Gasteiger partial charge in [-0.15, -0.1) is 0 Å². The molecule has 0 radical (unpaired) electrons. The molecule has 2 rings (SSSR count). The van der Waals surface area contributed by atoms with E-state index in [0.717, 1.165) is 11.6 Å². The van der Waals surface area contributed by atoms with Crippen LogP contribution in [0.15, 0.2) is 28.8 Å². The van der Waals surface area contributed by atoms with Crippen LogP contribution in [0.4, 0.5) is 8.78 Å². The van der Waals surface area contributed by atoms with Crippen LogP contribution in [-0.4, -0.2) is 19.2 Å². The summed E-state index contributed by atoms with van der Waals surface area (Å²) in [4.78, 5) is 0. The lowest BCUT2D eigenvalue weighted by atomic mass is 10.3. The van der Waals surface area contributed by atoms with Gasteiger partial charge in [-0.25, -0.2) is 8.78 Å². The molecule has 98 valence electrons. The van der Waals surface area contributed by atoms with E-state index in [1.54, 1.807) is 0 Å². The van der Waals surface area contributed by atoms with Gasteiger partial charge in [-0.1, -0.05) is 6.58 Å². The average Bonchev–Trinajstić information content (AvgIpc) is 3.08. The van der Waals surface area contributed by atoms with E-state index in [1.165, 1.54) is 18.9 Å². The molecular formula is C13H14BrF2NO. The van der Waals surface area contributed by atoms with E-state index in [0.29, 0.717) is 12.6 Å². The Morgan fingerprint density at radius 2 is 2.17 bits per heavy atom. The number of ether oxygens (including phenoxy) is 1. The van der Waals surface area contributed by atoms with Crippen LogP contribution >= 0.6 is 15.9 Å². The Hall–Kier alpha value is -0.940. The molecule has 1 aromatic carbocycles. The first kappa shape index (κ1) is 13.5. The zero-order valence-electron chi connectivity index (χ0n) is 9.81. The highest BCUT2D eigenvalue weighted by atomic mass is 79.9. The fraction of sp³-hybridized carbons (Fsp3) is 0.385. The van der Waals surface area contributed by atoms with E-state index < -0.39 is 11.6 Å². The molecule has 0 bridgehead atoms. The van der Waals surface area contributed by atoms with Crippen molar-refractivity contribution in [1.82, 2.24) is 5.32 Å². The van der Waals surface area contributed by atoms with Crippen LogP contribution < -0.4 is 10.1 Å². The van der Waals surface area contributed by atoms with Crippen molar-refractivity contribution < 1.29 is 13.5 Å². The summed E-state index contributed by atoms with van der Waals surface area (Å²) in [6.07, 6.45) is 2.40. The zero-order valence-corrected chi connectivity index (χ0v) is 11.4. The highest BCUT2D eigenvalue weighted by Crippen LogP contribution is 2.29. The van der Waals surface area contributed by atoms with Gasteiger partial charge in [-0.3, -0.25) is 0 Å². The molecular weight excluding hydrogens is 304 g/mol. The van der Waals surface area contributed by atoms with Crippen molar-refractivity contribution in [3.8, 4) is 5.75 Å². The van der Waals surface area contributed by atoms with Crippen LogP contribution in [0.3, 0.4) is 0 Å². The number of rotatable bonds is 6. The second-order valence-corrected chi connectivity index (χ2v) is 5.25. The molecule has 1 saturated carbocycles. The van der Waals surface area contributed by atoms with Gasteiger partial charge in [0.2, 0.25) is 0 Å². The van der Waals surface area contributed by atoms with Crippen molar-refractivity contribution in [3.63, 3.8) is 0 Å². The lowest BCUT2D eigenvalue weighted by molar-refractivity contribution is 0.325. The maximum absolute atomic E-state index is 13.4. The molecule has 1 fully saturated rings. The maximum Gasteiger partial charge on any atom is 0.169 e.